The summed E-state index contributed by atoms with van der Waals surface area (Å²) in [6, 6.07) is 8.30. The topological polar surface area (TPSA) is 139 Å². The van der Waals surface area contributed by atoms with Crippen molar-refractivity contribution >= 4 is 36.7 Å². The summed E-state index contributed by atoms with van der Waals surface area (Å²) in [6.07, 6.45) is 1.72. The van der Waals surface area contributed by atoms with E-state index in [1.165, 1.54) is 36.4 Å². The van der Waals surface area contributed by atoms with Crippen molar-refractivity contribution in [2.75, 3.05) is 6.61 Å². The molecule has 2 aromatic heterocycles. The minimum absolute atomic E-state index is 0. The van der Waals surface area contributed by atoms with E-state index in [4.69, 9.17) is 19.6 Å². The first-order chi connectivity index (χ1) is 18.6. The number of carbonyl (C=O) groups is 2. The molecule has 1 atom stereocenters. The van der Waals surface area contributed by atoms with Crippen LogP contribution < -0.4 is 20.5 Å². The maximum absolute atomic E-state index is 12.9. The molecule has 3 aromatic rings. The summed E-state index contributed by atoms with van der Waals surface area (Å²) >= 11 is 0. The summed E-state index contributed by atoms with van der Waals surface area (Å²) in [7, 11) is 0. The molecule has 1 fully saturated rings. The fourth-order valence-corrected chi connectivity index (χ4v) is 3.61. The monoisotopic (exact) mass is 616 g/mol. The van der Waals surface area contributed by atoms with Crippen LogP contribution in [0.3, 0.4) is 0 Å². The van der Waals surface area contributed by atoms with Crippen LogP contribution in [0.5, 0.6) is 11.5 Å². The van der Waals surface area contributed by atoms with Crippen molar-refractivity contribution in [2.24, 2.45) is 11.7 Å². The lowest BCUT2D eigenvalue weighted by molar-refractivity contribution is -0.0515. The molecule has 1 saturated carbocycles. The number of alkyl halides is 2. The van der Waals surface area contributed by atoms with Crippen molar-refractivity contribution in [3.8, 4) is 23.0 Å². The number of ether oxygens (including phenoxy) is 3. The minimum atomic E-state index is -3.00. The van der Waals surface area contributed by atoms with Crippen LogP contribution in [0, 0.1) is 5.92 Å². The largest absolute Gasteiger partial charge is 0.489 e. The molecule has 0 bridgehead atoms. The van der Waals surface area contributed by atoms with Gasteiger partial charge in [0, 0.05) is 5.56 Å². The van der Waals surface area contributed by atoms with Crippen LogP contribution in [0.1, 0.15) is 72.1 Å². The number of nitrogens with zero attached hydrogens (tertiary/aromatic N) is 2. The van der Waals surface area contributed by atoms with Gasteiger partial charge in [-0.2, -0.15) is 8.78 Å². The van der Waals surface area contributed by atoms with E-state index in [1.807, 2.05) is 0 Å². The summed E-state index contributed by atoms with van der Waals surface area (Å²) in [5.74, 6) is -0.219. The van der Waals surface area contributed by atoms with Gasteiger partial charge in [0.1, 0.15) is 22.8 Å². The molecule has 1 aliphatic carbocycles. The van der Waals surface area contributed by atoms with E-state index in [2.05, 4.69) is 20.0 Å². The number of hydrogen-bond donors (Lipinski definition) is 2. The predicted octanol–water partition coefficient (Wildman–Crippen LogP) is 5.49. The SMILES string of the molecule is CC(C)OC(=O)c1cccc(C(=O)NCc2nc(-c3ccc(OC(F)F)c(OCC4CC4)c3)oc2C(C)N)n1.Cl.Cl. The predicted molar refractivity (Wildman–Crippen MR) is 150 cm³/mol. The first kappa shape index (κ1) is 33.7. The van der Waals surface area contributed by atoms with Gasteiger partial charge in [0.15, 0.2) is 11.5 Å². The van der Waals surface area contributed by atoms with Crippen molar-refractivity contribution in [3.63, 3.8) is 0 Å². The smallest absolute Gasteiger partial charge is 0.387 e. The molecular weight excluding hydrogens is 585 g/mol. The number of esters is 1. The number of hydrogen-bond acceptors (Lipinski definition) is 9. The number of carbonyl (C=O) groups excluding carboxylic acids is 2. The van der Waals surface area contributed by atoms with E-state index < -0.39 is 24.5 Å². The number of nitrogens with two attached hydrogens (primary N) is 1. The van der Waals surface area contributed by atoms with E-state index in [0.29, 0.717) is 29.5 Å². The van der Waals surface area contributed by atoms with Gasteiger partial charge in [-0.1, -0.05) is 6.07 Å². The molecule has 1 aromatic carbocycles. The fourth-order valence-electron chi connectivity index (χ4n) is 3.61. The Bertz CT molecular complexity index is 1330. The Morgan fingerprint density at radius 3 is 2.41 bits per heavy atom. The number of aromatic nitrogens is 2. The maximum atomic E-state index is 12.9. The molecule has 224 valence electrons. The van der Waals surface area contributed by atoms with Crippen LogP contribution in [-0.2, 0) is 11.3 Å². The van der Waals surface area contributed by atoms with Crippen LogP contribution in [0.25, 0.3) is 11.5 Å². The maximum Gasteiger partial charge on any atom is 0.387 e. The molecule has 14 heteroatoms. The van der Waals surface area contributed by atoms with E-state index in [0.717, 1.165) is 12.8 Å². The van der Waals surface area contributed by atoms with Crippen molar-refractivity contribution in [1.29, 1.82) is 0 Å². The minimum Gasteiger partial charge on any atom is -0.489 e. The van der Waals surface area contributed by atoms with Crippen molar-refractivity contribution in [3.05, 3.63) is 59.2 Å². The Kier molecular flexibility index (Phi) is 12.3. The molecule has 0 radical (unpaired) electrons. The second-order valence-corrected chi connectivity index (χ2v) is 9.46. The van der Waals surface area contributed by atoms with Crippen molar-refractivity contribution in [2.45, 2.75) is 58.9 Å². The lowest BCUT2D eigenvalue weighted by Gasteiger charge is -2.12. The zero-order chi connectivity index (χ0) is 28.1. The Hall–Kier alpha value is -3.48. The third-order valence-electron chi connectivity index (χ3n) is 5.67. The zero-order valence-electron chi connectivity index (χ0n) is 22.6. The van der Waals surface area contributed by atoms with Crippen LogP contribution in [0.15, 0.2) is 40.8 Å². The number of rotatable bonds is 12. The van der Waals surface area contributed by atoms with Crippen LogP contribution in [0.2, 0.25) is 0 Å². The highest BCUT2D eigenvalue weighted by molar-refractivity contribution is 5.94. The fraction of sp³-hybridized carbons (Fsp3) is 0.407. The molecule has 1 aliphatic rings. The second-order valence-electron chi connectivity index (χ2n) is 9.46. The number of benzene rings is 1. The van der Waals surface area contributed by atoms with Gasteiger partial charge in [0.25, 0.3) is 5.91 Å². The normalized spacial score (nSPS) is 13.2. The Balaban J connectivity index is 0.00000294. The van der Waals surface area contributed by atoms with Gasteiger partial charge < -0.3 is 29.7 Å². The Morgan fingerprint density at radius 2 is 1.78 bits per heavy atom. The number of amides is 1. The molecule has 3 N–H and O–H groups in total. The van der Waals surface area contributed by atoms with Gasteiger partial charge in [-0.3, -0.25) is 4.79 Å². The van der Waals surface area contributed by atoms with E-state index in [9.17, 15) is 18.4 Å². The molecule has 1 amide bonds. The lowest BCUT2D eigenvalue weighted by Crippen LogP contribution is -2.26. The van der Waals surface area contributed by atoms with Crippen LogP contribution in [-0.4, -0.2) is 41.2 Å². The van der Waals surface area contributed by atoms with Gasteiger partial charge in [-0.15, -0.1) is 24.8 Å². The Morgan fingerprint density at radius 1 is 1.07 bits per heavy atom. The van der Waals surface area contributed by atoms with E-state index in [1.54, 1.807) is 20.8 Å². The van der Waals surface area contributed by atoms with Crippen molar-refractivity contribution in [1.82, 2.24) is 15.3 Å². The third-order valence-corrected chi connectivity index (χ3v) is 5.67. The summed E-state index contributed by atoms with van der Waals surface area (Å²) in [4.78, 5) is 33.5. The average Bonchev–Trinajstić information content (AvgIpc) is 3.62. The lowest BCUT2D eigenvalue weighted by atomic mass is 10.2. The van der Waals surface area contributed by atoms with Gasteiger partial charge in [-0.25, -0.2) is 14.8 Å². The van der Waals surface area contributed by atoms with Gasteiger partial charge in [0.05, 0.1) is 25.3 Å². The molecule has 1 unspecified atom stereocenters. The zero-order valence-corrected chi connectivity index (χ0v) is 24.2. The van der Waals surface area contributed by atoms with Gasteiger partial charge in [-0.05, 0) is 69.9 Å². The van der Waals surface area contributed by atoms with Gasteiger partial charge in [0.2, 0.25) is 5.89 Å². The molecule has 0 aliphatic heterocycles. The number of nitrogens with one attached hydrogen (secondary N) is 1. The van der Waals surface area contributed by atoms with E-state index >= 15 is 0 Å². The summed E-state index contributed by atoms with van der Waals surface area (Å²) < 4.78 is 47.1. The third kappa shape index (κ3) is 9.27. The molecule has 4 rings (SSSR count). The quantitative estimate of drug-likeness (QED) is 0.253. The second kappa shape index (κ2) is 14.9. The highest BCUT2D eigenvalue weighted by Gasteiger charge is 2.24. The van der Waals surface area contributed by atoms with Crippen molar-refractivity contribution < 1.29 is 37.0 Å². The first-order valence-electron chi connectivity index (χ1n) is 12.5. The number of oxazole rings is 1. The molecule has 0 saturated heterocycles. The van der Waals surface area contributed by atoms with Crippen LogP contribution in [0.4, 0.5) is 8.78 Å². The molecular formula is C27H32Cl2F2N4O6. The standard InChI is InChI=1S/C27H30F2N4O6.2ClH/c1-14(2)37-26(35)19-6-4-5-18(32-19)24(34)31-12-20-23(15(3)30)39-25(33-20)17-9-10-21(38-27(28)29)22(11-17)36-13-16-7-8-16;;/h4-6,9-11,14-16,27H,7-8,12-13,30H2,1-3H3,(H,31,34);2*1H. The number of pyridine rings is 1. The first-order valence-corrected chi connectivity index (χ1v) is 12.5. The summed E-state index contributed by atoms with van der Waals surface area (Å²) in [5, 5.41) is 2.70. The average molecular weight is 617 g/mol. The summed E-state index contributed by atoms with van der Waals surface area (Å²) in [5.41, 5.74) is 6.93. The molecule has 0 spiro atoms. The van der Waals surface area contributed by atoms with E-state index in [-0.39, 0.29) is 66.2 Å². The highest BCUT2D eigenvalue weighted by atomic mass is 35.5. The number of halogens is 4. The highest BCUT2D eigenvalue weighted by Crippen LogP contribution is 2.37. The molecule has 10 nitrogen and oxygen atoms in total. The summed E-state index contributed by atoms with van der Waals surface area (Å²) in [6.45, 7) is 2.47. The van der Waals surface area contributed by atoms with Gasteiger partial charge >= 0.3 is 12.6 Å². The molecule has 41 heavy (non-hydrogen) atoms. The Labute approximate surface area is 248 Å². The molecule has 2 heterocycles. The van der Waals surface area contributed by atoms with Crippen LogP contribution >= 0.6 is 24.8 Å².